The quantitative estimate of drug-likeness (QED) is 0.488. The molecule has 0 heterocycles. The molecule has 0 fully saturated rings. The van der Waals surface area contributed by atoms with E-state index in [0.717, 1.165) is 11.3 Å². The van der Waals surface area contributed by atoms with Gasteiger partial charge in [0.15, 0.2) is 5.11 Å². The third-order valence-corrected chi connectivity index (χ3v) is 3.43. The normalized spacial score (nSPS) is 10.5. The van der Waals surface area contributed by atoms with Gasteiger partial charge in [-0.15, -0.1) is 0 Å². The number of anilines is 1. The lowest BCUT2D eigenvalue weighted by atomic mass is 10.2. The molecule has 0 radical (unpaired) electrons. The Morgan fingerprint density at radius 3 is 2.73 bits per heavy atom. The van der Waals surface area contributed by atoms with Gasteiger partial charge in [-0.05, 0) is 42.5 Å². The first-order valence-electron chi connectivity index (χ1n) is 6.28. The number of benzene rings is 2. The maximum Gasteiger partial charge on any atom is 0.191 e. The minimum Gasteiger partial charge on any atom is -0.496 e. The van der Waals surface area contributed by atoms with Crippen molar-refractivity contribution in [1.29, 1.82) is 0 Å². The average molecular weight is 354 g/mol. The molecule has 2 aromatic rings. The van der Waals surface area contributed by atoms with Crippen molar-refractivity contribution in [2.24, 2.45) is 5.10 Å². The molecule has 0 amide bonds. The number of thiocarbonyl (C=S) groups is 1. The summed E-state index contributed by atoms with van der Waals surface area (Å²) in [6.07, 6.45) is 1.62. The van der Waals surface area contributed by atoms with Gasteiger partial charge < -0.3 is 10.1 Å². The Morgan fingerprint density at radius 1 is 1.23 bits per heavy atom. The molecule has 0 aromatic heterocycles. The first-order chi connectivity index (χ1) is 10.6. The van der Waals surface area contributed by atoms with Gasteiger partial charge in [0, 0.05) is 10.6 Å². The first kappa shape index (κ1) is 16.5. The fraction of sp³-hybridized carbons (Fsp3) is 0.0667. The summed E-state index contributed by atoms with van der Waals surface area (Å²) in [5.41, 5.74) is 4.20. The van der Waals surface area contributed by atoms with Crippen molar-refractivity contribution in [2.45, 2.75) is 0 Å². The molecule has 0 unspecified atom stereocenters. The number of halogens is 2. The van der Waals surface area contributed by atoms with Gasteiger partial charge in [0.2, 0.25) is 0 Å². The van der Waals surface area contributed by atoms with E-state index in [0.29, 0.717) is 20.8 Å². The maximum absolute atomic E-state index is 6.05. The molecule has 0 atom stereocenters. The molecular weight excluding hydrogens is 341 g/mol. The number of para-hydroxylation sites is 1. The summed E-state index contributed by atoms with van der Waals surface area (Å²) in [5.74, 6) is 0.729. The third kappa shape index (κ3) is 4.59. The Morgan fingerprint density at radius 2 is 2.00 bits per heavy atom. The van der Waals surface area contributed by atoms with Crippen molar-refractivity contribution in [1.82, 2.24) is 5.43 Å². The largest absolute Gasteiger partial charge is 0.496 e. The van der Waals surface area contributed by atoms with Crippen LogP contribution in [0, 0.1) is 0 Å². The number of nitrogens with one attached hydrogen (secondary N) is 2. The molecule has 0 saturated heterocycles. The lowest BCUT2D eigenvalue weighted by Crippen LogP contribution is -2.24. The summed E-state index contributed by atoms with van der Waals surface area (Å²) in [5, 5.41) is 8.35. The Hall–Kier alpha value is -1.82. The summed E-state index contributed by atoms with van der Waals surface area (Å²) in [7, 11) is 1.61. The van der Waals surface area contributed by atoms with Crippen LogP contribution in [0.1, 0.15) is 5.56 Å². The zero-order valence-electron chi connectivity index (χ0n) is 11.6. The van der Waals surface area contributed by atoms with Crippen LogP contribution >= 0.6 is 35.4 Å². The van der Waals surface area contributed by atoms with Crippen LogP contribution in [0.15, 0.2) is 47.6 Å². The van der Waals surface area contributed by atoms with Gasteiger partial charge in [-0.2, -0.15) is 5.10 Å². The molecule has 114 valence electrons. The van der Waals surface area contributed by atoms with Crippen LogP contribution in [-0.2, 0) is 0 Å². The van der Waals surface area contributed by atoms with E-state index >= 15 is 0 Å². The summed E-state index contributed by atoms with van der Waals surface area (Å²) in [6, 6.07) is 12.6. The Balaban J connectivity index is 1.96. The summed E-state index contributed by atoms with van der Waals surface area (Å²) in [6.45, 7) is 0. The number of methoxy groups -OCH3 is 1. The van der Waals surface area contributed by atoms with Gasteiger partial charge in [0.25, 0.3) is 0 Å². The highest BCUT2D eigenvalue weighted by Crippen LogP contribution is 2.25. The fourth-order valence-corrected chi connectivity index (χ4v) is 2.29. The molecule has 0 aliphatic carbocycles. The molecule has 0 spiro atoms. The van der Waals surface area contributed by atoms with E-state index in [2.05, 4.69) is 15.8 Å². The molecule has 0 saturated carbocycles. The van der Waals surface area contributed by atoms with Crippen LogP contribution in [0.25, 0.3) is 0 Å². The van der Waals surface area contributed by atoms with Gasteiger partial charge in [0.1, 0.15) is 5.75 Å². The monoisotopic (exact) mass is 353 g/mol. The summed E-state index contributed by atoms with van der Waals surface area (Å²) >= 11 is 17.0. The highest BCUT2D eigenvalue weighted by atomic mass is 35.5. The van der Waals surface area contributed by atoms with E-state index in [-0.39, 0.29) is 0 Å². The molecule has 0 aliphatic heterocycles. The molecule has 2 aromatic carbocycles. The number of rotatable bonds is 4. The molecule has 22 heavy (non-hydrogen) atoms. The summed E-state index contributed by atoms with van der Waals surface area (Å²) in [4.78, 5) is 0. The molecule has 0 aliphatic rings. The highest BCUT2D eigenvalue weighted by molar-refractivity contribution is 7.80. The first-order valence-corrected chi connectivity index (χ1v) is 7.44. The molecule has 4 nitrogen and oxygen atoms in total. The van der Waals surface area contributed by atoms with Gasteiger partial charge in [-0.3, -0.25) is 5.43 Å². The predicted molar refractivity (Wildman–Crippen MR) is 96.4 cm³/mol. The van der Waals surface area contributed by atoms with Gasteiger partial charge in [0.05, 0.1) is 24.0 Å². The lowest BCUT2D eigenvalue weighted by Gasteiger charge is -2.09. The topological polar surface area (TPSA) is 45.6 Å². The standard InChI is InChI=1S/C15H13Cl2N3OS/c1-21-14-5-3-2-4-10(14)9-18-20-15(22)19-13-7-6-11(16)8-12(13)17/h2-9H,1H3,(H2,19,20,22)/b18-9+. The molecule has 0 bridgehead atoms. The van der Waals surface area contributed by atoms with Crippen molar-refractivity contribution in [3.8, 4) is 5.75 Å². The van der Waals surface area contributed by atoms with Gasteiger partial charge in [-0.25, -0.2) is 0 Å². The zero-order chi connectivity index (χ0) is 15.9. The van der Waals surface area contributed by atoms with E-state index < -0.39 is 0 Å². The van der Waals surface area contributed by atoms with E-state index in [9.17, 15) is 0 Å². The van der Waals surface area contributed by atoms with Crippen LogP contribution in [0.2, 0.25) is 10.0 Å². The molecule has 2 rings (SSSR count). The van der Waals surface area contributed by atoms with Crippen molar-refractivity contribution >= 4 is 52.4 Å². The summed E-state index contributed by atoms with van der Waals surface area (Å²) < 4.78 is 5.23. The Labute approximate surface area is 144 Å². The highest BCUT2D eigenvalue weighted by Gasteiger charge is 2.03. The fourth-order valence-electron chi connectivity index (χ4n) is 1.67. The minimum absolute atomic E-state index is 0.315. The minimum atomic E-state index is 0.315. The number of hydrogen-bond acceptors (Lipinski definition) is 3. The number of hydrazone groups is 1. The van der Waals surface area contributed by atoms with Gasteiger partial charge in [-0.1, -0.05) is 35.3 Å². The SMILES string of the molecule is COc1ccccc1/C=N/NC(=S)Nc1ccc(Cl)cc1Cl. The van der Waals surface area contributed by atoms with E-state index in [1.54, 1.807) is 31.5 Å². The average Bonchev–Trinajstić information content (AvgIpc) is 2.50. The Kier molecular flexibility index (Phi) is 6.00. The maximum atomic E-state index is 6.05. The zero-order valence-corrected chi connectivity index (χ0v) is 14.0. The Bertz CT molecular complexity index is 707. The van der Waals surface area contributed by atoms with Crippen LogP contribution in [0.5, 0.6) is 5.75 Å². The second-order valence-electron chi connectivity index (χ2n) is 4.19. The number of hydrogen-bond donors (Lipinski definition) is 2. The molecule has 2 N–H and O–H groups in total. The molecular formula is C15H13Cl2N3OS. The number of nitrogens with zero attached hydrogens (tertiary/aromatic N) is 1. The van der Waals surface area contributed by atoms with E-state index in [1.807, 2.05) is 24.3 Å². The second-order valence-corrected chi connectivity index (χ2v) is 5.44. The van der Waals surface area contributed by atoms with Crippen molar-refractivity contribution in [2.75, 3.05) is 12.4 Å². The third-order valence-electron chi connectivity index (χ3n) is 2.69. The van der Waals surface area contributed by atoms with E-state index in [1.165, 1.54) is 0 Å². The van der Waals surface area contributed by atoms with Gasteiger partial charge >= 0.3 is 0 Å². The van der Waals surface area contributed by atoms with Crippen molar-refractivity contribution < 1.29 is 4.74 Å². The van der Waals surface area contributed by atoms with Crippen LogP contribution in [-0.4, -0.2) is 18.4 Å². The van der Waals surface area contributed by atoms with Crippen molar-refractivity contribution in [3.05, 3.63) is 58.1 Å². The smallest absolute Gasteiger partial charge is 0.191 e. The van der Waals surface area contributed by atoms with Crippen LogP contribution in [0.4, 0.5) is 5.69 Å². The lowest BCUT2D eigenvalue weighted by molar-refractivity contribution is 0.414. The van der Waals surface area contributed by atoms with Crippen molar-refractivity contribution in [3.63, 3.8) is 0 Å². The number of ether oxygens (including phenoxy) is 1. The van der Waals surface area contributed by atoms with E-state index in [4.69, 9.17) is 40.2 Å². The second kappa shape index (κ2) is 7.98. The predicted octanol–water partition coefficient (Wildman–Crippen LogP) is 4.32. The van der Waals surface area contributed by atoms with Crippen LogP contribution in [0.3, 0.4) is 0 Å². The van der Waals surface area contributed by atoms with Crippen LogP contribution < -0.4 is 15.5 Å². The molecule has 7 heteroatoms.